The second-order valence-corrected chi connectivity index (χ2v) is 7.39. The number of fused-ring (bicyclic) bond motifs is 1. The number of hydrogen-bond donors (Lipinski definition) is 1. The van der Waals surface area contributed by atoms with Gasteiger partial charge in [-0.05, 0) is 12.8 Å². The van der Waals surface area contributed by atoms with Crippen LogP contribution in [0.5, 0.6) is 0 Å². The number of rotatable bonds is 2. The SMILES string of the molecule is CC(C)(C)c1nnc2sc(C3CC=CCC3C(=O)O)nn12. The molecule has 112 valence electrons. The van der Waals surface area contributed by atoms with Gasteiger partial charge in [-0.1, -0.05) is 44.3 Å². The van der Waals surface area contributed by atoms with Gasteiger partial charge in [0.25, 0.3) is 0 Å². The molecule has 2 aromatic heterocycles. The van der Waals surface area contributed by atoms with E-state index in [1.54, 1.807) is 4.52 Å². The zero-order valence-corrected chi connectivity index (χ0v) is 13.1. The molecule has 2 aromatic rings. The summed E-state index contributed by atoms with van der Waals surface area (Å²) < 4.78 is 1.76. The van der Waals surface area contributed by atoms with Crippen molar-refractivity contribution in [2.45, 2.75) is 44.9 Å². The van der Waals surface area contributed by atoms with Crippen LogP contribution >= 0.6 is 11.3 Å². The highest BCUT2D eigenvalue weighted by molar-refractivity contribution is 7.16. The van der Waals surface area contributed by atoms with Crippen molar-refractivity contribution in [3.8, 4) is 0 Å². The zero-order valence-electron chi connectivity index (χ0n) is 12.3. The summed E-state index contributed by atoms with van der Waals surface area (Å²) in [5.74, 6) is -0.437. The van der Waals surface area contributed by atoms with E-state index in [1.165, 1.54) is 11.3 Å². The van der Waals surface area contributed by atoms with Gasteiger partial charge < -0.3 is 5.11 Å². The Hall–Kier alpha value is -1.76. The second kappa shape index (κ2) is 4.91. The Balaban J connectivity index is 2.03. The zero-order chi connectivity index (χ0) is 15.2. The van der Waals surface area contributed by atoms with Gasteiger partial charge in [-0.25, -0.2) is 0 Å². The number of allylic oxidation sites excluding steroid dienone is 2. The highest BCUT2D eigenvalue weighted by Gasteiger charge is 2.33. The molecule has 1 aliphatic rings. The van der Waals surface area contributed by atoms with Crippen molar-refractivity contribution in [3.05, 3.63) is 23.0 Å². The van der Waals surface area contributed by atoms with Crippen molar-refractivity contribution in [2.24, 2.45) is 5.92 Å². The van der Waals surface area contributed by atoms with E-state index in [9.17, 15) is 9.90 Å². The third-order valence-corrected chi connectivity index (χ3v) is 4.77. The molecule has 1 aliphatic carbocycles. The summed E-state index contributed by atoms with van der Waals surface area (Å²) in [6.07, 6.45) is 5.26. The van der Waals surface area contributed by atoms with Gasteiger partial charge >= 0.3 is 5.97 Å². The van der Waals surface area contributed by atoms with Gasteiger partial charge in [0.15, 0.2) is 5.82 Å². The minimum Gasteiger partial charge on any atom is -0.481 e. The van der Waals surface area contributed by atoms with E-state index < -0.39 is 11.9 Å². The molecule has 2 unspecified atom stereocenters. The lowest BCUT2D eigenvalue weighted by atomic mass is 9.83. The highest BCUT2D eigenvalue weighted by Crippen LogP contribution is 2.37. The minimum absolute atomic E-state index is 0.0768. The van der Waals surface area contributed by atoms with Crippen LogP contribution in [-0.4, -0.2) is 30.9 Å². The lowest BCUT2D eigenvalue weighted by Gasteiger charge is -2.22. The molecule has 3 rings (SSSR count). The predicted octanol–water partition coefficient (Wildman–Crippen LogP) is 2.62. The van der Waals surface area contributed by atoms with Crippen LogP contribution in [0.25, 0.3) is 4.96 Å². The summed E-state index contributed by atoms with van der Waals surface area (Å²) in [6, 6.07) is 0. The Labute approximate surface area is 126 Å². The summed E-state index contributed by atoms with van der Waals surface area (Å²) in [4.78, 5) is 12.2. The molecule has 7 heteroatoms. The number of aromatic nitrogens is 4. The maximum absolute atomic E-state index is 11.4. The van der Waals surface area contributed by atoms with Crippen LogP contribution < -0.4 is 0 Å². The van der Waals surface area contributed by atoms with Gasteiger partial charge in [0, 0.05) is 11.3 Å². The Bertz CT molecular complexity index is 710. The molecule has 6 nitrogen and oxygen atoms in total. The van der Waals surface area contributed by atoms with Crippen molar-refractivity contribution in [1.29, 1.82) is 0 Å². The first-order valence-electron chi connectivity index (χ1n) is 6.98. The average molecular weight is 306 g/mol. The van der Waals surface area contributed by atoms with Crippen LogP contribution in [0.4, 0.5) is 0 Å². The Kier molecular flexibility index (Phi) is 3.32. The van der Waals surface area contributed by atoms with Crippen LogP contribution in [-0.2, 0) is 10.2 Å². The standard InChI is InChI=1S/C14H18N4O2S/c1-14(2,3)12-15-16-13-18(12)17-10(21-13)8-6-4-5-7-9(8)11(19)20/h4-5,8-9H,6-7H2,1-3H3,(H,19,20). The topological polar surface area (TPSA) is 80.4 Å². The number of carboxylic acids is 1. The maximum atomic E-state index is 11.4. The Morgan fingerprint density at radius 2 is 2.05 bits per heavy atom. The van der Waals surface area contributed by atoms with E-state index in [-0.39, 0.29) is 11.3 Å². The third-order valence-electron chi connectivity index (χ3n) is 3.74. The van der Waals surface area contributed by atoms with Crippen molar-refractivity contribution in [2.75, 3.05) is 0 Å². The number of aliphatic carboxylic acids is 1. The first kappa shape index (κ1) is 14.2. The Morgan fingerprint density at radius 1 is 1.33 bits per heavy atom. The molecular weight excluding hydrogens is 288 g/mol. The van der Waals surface area contributed by atoms with Crippen molar-refractivity contribution < 1.29 is 9.90 Å². The van der Waals surface area contributed by atoms with Crippen molar-refractivity contribution in [3.63, 3.8) is 0 Å². The number of carboxylic acid groups (broad SMARTS) is 1. The van der Waals surface area contributed by atoms with Crippen LogP contribution in [0, 0.1) is 5.92 Å². The van der Waals surface area contributed by atoms with Gasteiger partial charge in [-0.3, -0.25) is 4.79 Å². The van der Waals surface area contributed by atoms with Gasteiger partial charge in [-0.15, -0.1) is 10.2 Å². The summed E-state index contributed by atoms with van der Waals surface area (Å²) in [5.41, 5.74) is -0.149. The van der Waals surface area contributed by atoms with Gasteiger partial charge in [0.05, 0.1) is 5.92 Å². The molecule has 1 N–H and O–H groups in total. The second-order valence-electron chi connectivity index (χ2n) is 6.40. The molecule has 0 saturated carbocycles. The number of carbonyl (C=O) groups is 1. The van der Waals surface area contributed by atoms with Gasteiger partial charge in [0.2, 0.25) is 4.96 Å². The number of hydrogen-bond acceptors (Lipinski definition) is 5. The highest BCUT2D eigenvalue weighted by atomic mass is 32.1. The van der Waals surface area contributed by atoms with Crippen LogP contribution in [0.3, 0.4) is 0 Å². The molecular formula is C14H18N4O2S. The molecule has 0 radical (unpaired) electrons. The van der Waals surface area contributed by atoms with E-state index in [2.05, 4.69) is 36.1 Å². The quantitative estimate of drug-likeness (QED) is 0.863. The van der Waals surface area contributed by atoms with E-state index in [1.807, 2.05) is 12.2 Å². The van der Waals surface area contributed by atoms with Gasteiger partial charge in [0.1, 0.15) is 5.01 Å². The molecule has 21 heavy (non-hydrogen) atoms. The minimum atomic E-state index is -0.758. The fourth-order valence-electron chi connectivity index (χ4n) is 2.61. The van der Waals surface area contributed by atoms with Crippen LogP contribution in [0.2, 0.25) is 0 Å². The monoisotopic (exact) mass is 306 g/mol. The maximum Gasteiger partial charge on any atom is 0.307 e. The molecule has 0 bridgehead atoms. The smallest absolute Gasteiger partial charge is 0.307 e. The molecule has 0 aliphatic heterocycles. The van der Waals surface area contributed by atoms with Crippen LogP contribution in [0.1, 0.15) is 50.4 Å². The van der Waals surface area contributed by atoms with E-state index in [4.69, 9.17) is 0 Å². The molecule has 0 aromatic carbocycles. The fraction of sp³-hybridized carbons (Fsp3) is 0.571. The Morgan fingerprint density at radius 3 is 2.71 bits per heavy atom. The predicted molar refractivity (Wildman–Crippen MR) is 79.6 cm³/mol. The lowest BCUT2D eigenvalue weighted by molar-refractivity contribution is -0.142. The third kappa shape index (κ3) is 2.46. The summed E-state index contributed by atoms with van der Waals surface area (Å²) in [5, 5.41) is 23.2. The molecule has 0 spiro atoms. The first-order valence-corrected chi connectivity index (χ1v) is 7.80. The number of nitrogens with zero attached hydrogens (tertiary/aromatic N) is 4. The van der Waals surface area contributed by atoms with E-state index >= 15 is 0 Å². The molecule has 0 amide bonds. The molecule has 0 fully saturated rings. The van der Waals surface area contributed by atoms with E-state index in [0.29, 0.717) is 12.8 Å². The van der Waals surface area contributed by atoms with Crippen LogP contribution in [0.15, 0.2) is 12.2 Å². The largest absolute Gasteiger partial charge is 0.481 e. The fourth-order valence-corrected chi connectivity index (χ4v) is 3.63. The summed E-state index contributed by atoms with van der Waals surface area (Å²) in [6.45, 7) is 6.18. The molecule has 2 heterocycles. The van der Waals surface area contributed by atoms with Crippen molar-refractivity contribution in [1.82, 2.24) is 19.8 Å². The first-order chi connectivity index (χ1) is 9.88. The average Bonchev–Trinajstić information content (AvgIpc) is 2.96. The molecule has 2 atom stereocenters. The van der Waals surface area contributed by atoms with E-state index in [0.717, 1.165) is 15.8 Å². The van der Waals surface area contributed by atoms with Gasteiger partial charge in [-0.2, -0.15) is 9.61 Å². The normalized spacial score (nSPS) is 22.8. The van der Waals surface area contributed by atoms with Crippen molar-refractivity contribution >= 4 is 22.3 Å². The lowest BCUT2D eigenvalue weighted by Crippen LogP contribution is -2.24. The molecule has 0 saturated heterocycles. The summed E-state index contributed by atoms with van der Waals surface area (Å²) in [7, 11) is 0. The summed E-state index contributed by atoms with van der Waals surface area (Å²) >= 11 is 1.44.